The zero-order chi connectivity index (χ0) is 13.0. The molecule has 0 aliphatic carbocycles. The summed E-state index contributed by atoms with van der Waals surface area (Å²) < 4.78 is 5.09. The van der Waals surface area contributed by atoms with Gasteiger partial charge in [-0.3, -0.25) is 4.79 Å². The summed E-state index contributed by atoms with van der Waals surface area (Å²) in [5.41, 5.74) is 1.46. The monoisotopic (exact) mass is 252 g/mol. The minimum absolute atomic E-state index is 0.0212. The van der Waals surface area contributed by atoms with Crippen molar-refractivity contribution in [3.63, 3.8) is 0 Å². The van der Waals surface area contributed by atoms with Gasteiger partial charge in [-0.05, 0) is 12.8 Å². The number of methoxy groups -OCH3 is 1. The molecule has 1 saturated heterocycles. The van der Waals surface area contributed by atoms with Crippen LogP contribution in [0.1, 0.15) is 26.2 Å². The first kappa shape index (κ1) is 13.6. The number of amides is 1. The maximum absolute atomic E-state index is 12.4. The van der Waals surface area contributed by atoms with E-state index in [2.05, 4.69) is 18.3 Å². The van der Waals surface area contributed by atoms with Crippen molar-refractivity contribution in [3.05, 3.63) is 11.6 Å². The molecular weight excluding hydrogens is 228 g/mol. The van der Waals surface area contributed by atoms with Gasteiger partial charge < -0.3 is 15.0 Å². The van der Waals surface area contributed by atoms with Gasteiger partial charge in [0.1, 0.15) is 0 Å². The Hall–Kier alpha value is -0.870. The first-order chi connectivity index (χ1) is 8.74. The maximum Gasteiger partial charge on any atom is 0.240 e. The van der Waals surface area contributed by atoms with Crippen molar-refractivity contribution in [2.24, 2.45) is 5.92 Å². The molecule has 1 amide bonds. The summed E-state index contributed by atoms with van der Waals surface area (Å²) in [5.74, 6) is 0.705. The molecule has 0 spiro atoms. The van der Waals surface area contributed by atoms with Gasteiger partial charge in [0.15, 0.2) is 0 Å². The largest absolute Gasteiger partial charge is 0.383 e. The predicted octanol–water partition coefficient (Wildman–Crippen LogP) is 1.18. The summed E-state index contributed by atoms with van der Waals surface area (Å²) in [4.78, 5) is 14.3. The first-order valence-corrected chi connectivity index (χ1v) is 6.95. The third-order valence-electron chi connectivity index (χ3n) is 3.77. The second kappa shape index (κ2) is 6.34. The zero-order valence-corrected chi connectivity index (χ0v) is 11.4. The predicted molar refractivity (Wildman–Crippen MR) is 71.3 cm³/mol. The van der Waals surface area contributed by atoms with Crippen LogP contribution in [0.15, 0.2) is 11.6 Å². The molecule has 2 heterocycles. The fourth-order valence-corrected chi connectivity index (χ4v) is 2.88. The van der Waals surface area contributed by atoms with E-state index < -0.39 is 0 Å². The van der Waals surface area contributed by atoms with Crippen LogP contribution in [0.2, 0.25) is 0 Å². The molecule has 2 atom stereocenters. The van der Waals surface area contributed by atoms with E-state index >= 15 is 0 Å². The van der Waals surface area contributed by atoms with Crippen LogP contribution in [0, 0.1) is 5.92 Å². The van der Waals surface area contributed by atoms with Crippen LogP contribution in [0.5, 0.6) is 0 Å². The summed E-state index contributed by atoms with van der Waals surface area (Å²) in [5, 5.41) is 3.40. The van der Waals surface area contributed by atoms with Crippen molar-refractivity contribution in [2.75, 3.05) is 33.4 Å². The Morgan fingerprint density at radius 1 is 1.56 bits per heavy atom. The van der Waals surface area contributed by atoms with Crippen LogP contribution in [0.3, 0.4) is 0 Å². The maximum atomic E-state index is 12.4. The van der Waals surface area contributed by atoms with Crippen LogP contribution in [0.4, 0.5) is 0 Å². The molecule has 2 aliphatic rings. The van der Waals surface area contributed by atoms with Crippen molar-refractivity contribution in [1.82, 2.24) is 10.2 Å². The fraction of sp³-hybridized carbons (Fsp3) is 0.786. The lowest BCUT2D eigenvalue weighted by molar-refractivity contribution is -0.133. The number of hydrogen-bond donors (Lipinski definition) is 1. The Morgan fingerprint density at radius 2 is 2.39 bits per heavy atom. The van der Waals surface area contributed by atoms with Gasteiger partial charge in [0.2, 0.25) is 5.91 Å². The third-order valence-corrected chi connectivity index (χ3v) is 3.77. The van der Waals surface area contributed by atoms with E-state index in [1.54, 1.807) is 7.11 Å². The Morgan fingerprint density at radius 3 is 3.11 bits per heavy atom. The number of hydrogen-bond acceptors (Lipinski definition) is 3. The number of nitrogens with one attached hydrogen (secondary N) is 1. The number of rotatable bonds is 5. The highest BCUT2D eigenvalue weighted by Crippen LogP contribution is 2.24. The Balaban J connectivity index is 2.09. The molecular formula is C14H24N2O2. The van der Waals surface area contributed by atoms with E-state index in [9.17, 15) is 4.79 Å². The molecule has 2 rings (SSSR count). The van der Waals surface area contributed by atoms with Crippen LogP contribution in [-0.4, -0.2) is 50.2 Å². The Kier molecular flexibility index (Phi) is 4.78. The average molecular weight is 252 g/mol. The van der Waals surface area contributed by atoms with Gasteiger partial charge in [-0.1, -0.05) is 25.0 Å². The van der Waals surface area contributed by atoms with Crippen molar-refractivity contribution >= 4 is 5.91 Å². The van der Waals surface area contributed by atoms with Crippen LogP contribution >= 0.6 is 0 Å². The minimum atomic E-state index is -0.0212. The van der Waals surface area contributed by atoms with Crippen molar-refractivity contribution < 1.29 is 9.53 Å². The molecule has 2 bridgehead atoms. The van der Waals surface area contributed by atoms with E-state index in [0.717, 1.165) is 32.4 Å². The smallest absolute Gasteiger partial charge is 0.240 e. The molecule has 4 heteroatoms. The second-order valence-electron chi connectivity index (χ2n) is 5.28. The highest BCUT2D eigenvalue weighted by atomic mass is 16.5. The lowest BCUT2D eigenvalue weighted by atomic mass is 9.96. The molecule has 18 heavy (non-hydrogen) atoms. The molecule has 2 aliphatic heterocycles. The topological polar surface area (TPSA) is 41.6 Å². The van der Waals surface area contributed by atoms with Gasteiger partial charge in [0, 0.05) is 32.7 Å². The molecule has 4 nitrogen and oxygen atoms in total. The van der Waals surface area contributed by atoms with Crippen LogP contribution in [0.25, 0.3) is 0 Å². The number of carbonyl (C=O) groups excluding carboxylic acids is 1. The van der Waals surface area contributed by atoms with Gasteiger partial charge in [0.05, 0.1) is 12.6 Å². The molecule has 102 valence electrons. The highest BCUT2D eigenvalue weighted by molar-refractivity contribution is 5.82. The fourth-order valence-electron chi connectivity index (χ4n) is 2.88. The van der Waals surface area contributed by atoms with Gasteiger partial charge in [-0.15, -0.1) is 0 Å². The number of nitrogens with zero attached hydrogens (tertiary/aromatic N) is 1. The Labute approximate surface area is 109 Å². The van der Waals surface area contributed by atoms with Crippen LogP contribution < -0.4 is 5.32 Å². The summed E-state index contributed by atoms with van der Waals surface area (Å²) in [7, 11) is 1.68. The molecule has 0 saturated carbocycles. The quantitative estimate of drug-likeness (QED) is 0.747. The highest BCUT2D eigenvalue weighted by Gasteiger charge is 2.32. The number of ether oxygens (including phenoxy) is 1. The molecule has 0 radical (unpaired) electrons. The summed E-state index contributed by atoms with van der Waals surface area (Å²) in [6, 6.07) is -0.0212. The van der Waals surface area contributed by atoms with E-state index in [0.29, 0.717) is 19.1 Å². The Bertz CT molecular complexity index is 328. The lowest BCUT2D eigenvalue weighted by Crippen LogP contribution is -2.45. The molecule has 0 aromatic rings. The zero-order valence-electron chi connectivity index (χ0n) is 11.4. The molecule has 1 N–H and O–H groups in total. The van der Waals surface area contributed by atoms with E-state index in [1.807, 2.05) is 4.90 Å². The average Bonchev–Trinajstić information content (AvgIpc) is 2.63. The van der Waals surface area contributed by atoms with Crippen molar-refractivity contribution in [3.8, 4) is 0 Å². The SMILES string of the molecule is CCCC1=C[C@@H]2CNC(C1)C(=O)N(CCOC)C2. The third kappa shape index (κ3) is 3.12. The van der Waals surface area contributed by atoms with Crippen LogP contribution in [-0.2, 0) is 9.53 Å². The van der Waals surface area contributed by atoms with Crippen molar-refractivity contribution in [1.29, 1.82) is 0 Å². The lowest BCUT2D eigenvalue weighted by Gasteiger charge is -2.27. The molecule has 0 aromatic carbocycles. The van der Waals surface area contributed by atoms with Gasteiger partial charge in [-0.25, -0.2) is 0 Å². The standard InChI is InChI=1S/C14H24N2O2/c1-3-4-11-7-12-9-15-13(8-11)14(17)16(10-12)5-6-18-2/h7,12-13,15H,3-6,8-10H2,1-2H3/t12-,13?/m1/s1. The normalized spacial score (nSPS) is 28.0. The molecule has 0 aromatic heterocycles. The van der Waals surface area contributed by atoms with Gasteiger partial charge >= 0.3 is 0 Å². The molecule has 1 unspecified atom stereocenters. The van der Waals surface area contributed by atoms with E-state index in [4.69, 9.17) is 4.74 Å². The number of fused-ring (bicyclic) bond motifs is 3. The minimum Gasteiger partial charge on any atom is -0.383 e. The first-order valence-electron chi connectivity index (χ1n) is 6.95. The summed E-state index contributed by atoms with van der Waals surface area (Å²) >= 11 is 0. The van der Waals surface area contributed by atoms with E-state index in [1.165, 1.54) is 5.57 Å². The molecule has 1 fully saturated rings. The van der Waals surface area contributed by atoms with Gasteiger partial charge in [-0.2, -0.15) is 0 Å². The summed E-state index contributed by atoms with van der Waals surface area (Å²) in [6.07, 6.45) is 5.56. The van der Waals surface area contributed by atoms with E-state index in [-0.39, 0.29) is 11.9 Å². The van der Waals surface area contributed by atoms with Gasteiger partial charge in [0.25, 0.3) is 0 Å². The second-order valence-corrected chi connectivity index (χ2v) is 5.28. The summed E-state index contributed by atoms with van der Waals surface area (Å²) in [6.45, 7) is 5.28. The van der Waals surface area contributed by atoms with Crippen molar-refractivity contribution in [2.45, 2.75) is 32.2 Å². The number of carbonyl (C=O) groups is 1.